The van der Waals surface area contributed by atoms with Crippen LogP contribution in [0.1, 0.15) is 24.3 Å². The lowest BCUT2D eigenvalue weighted by molar-refractivity contribution is -0.143. The first-order chi connectivity index (χ1) is 7.63. The lowest BCUT2D eigenvalue weighted by Gasteiger charge is -2.14. The second-order valence-electron chi connectivity index (χ2n) is 4.01. The van der Waals surface area contributed by atoms with Crippen molar-refractivity contribution in [1.82, 2.24) is 0 Å². The van der Waals surface area contributed by atoms with Gasteiger partial charge in [-0.2, -0.15) is 0 Å². The summed E-state index contributed by atoms with van der Waals surface area (Å²) in [4.78, 5) is 11.6. The quantitative estimate of drug-likeness (QED) is 0.798. The van der Waals surface area contributed by atoms with Crippen molar-refractivity contribution in [3.63, 3.8) is 0 Å². The molecule has 0 aromatic heterocycles. The molecule has 1 saturated carbocycles. The summed E-state index contributed by atoms with van der Waals surface area (Å²) < 4.78 is 18.6. The summed E-state index contributed by atoms with van der Waals surface area (Å²) in [5.41, 5.74) is 0.704. The number of halogens is 2. The van der Waals surface area contributed by atoms with Gasteiger partial charge in [0, 0.05) is 0 Å². The van der Waals surface area contributed by atoms with Crippen LogP contribution in [-0.2, 0) is 9.53 Å². The number of hydrogen-bond acceptors (Lipinski definition) is 2. The number of ether oxygens (including phenoxy) is 1. The number of rotatable bonds is 3. The summed E-state index contributed by atoms with van der Waals surface area (Å²) >= 11 is 3.09. The van der Waals surface area contributed by atoms with Crippen molar-refractivity contribution in [1.29, 1.82) is 0 Å². The number of methoxy groups -OCH3 is 1. The molecule has 1 aliphatic carbocycles. The van der Waals surface area contributed by atoms with Gasteiger partial charge in [0.25, 0.3) is 0 Å². The highest BCUT2D eigenvalue weighted by Crippen LogP contribution is 2.43. The van der Waals surface area contributed by atoms with E-state index in [1.165, 1.54) is 13.2 Å². The van der Waals surface area contributed by atoms with Crippen LogP contribution in [0.3, 0.4) is 0 Å². The Morgan fingerprint density at radius 2 is 2.25 bits per heavy atom. The number of hydrogen-bond donors (Lipinski definition) is 0. The molecule has 0 radical (unpaired) electrons. The molecule has 16 heavy (non-hydrogen) atoms. The number of esters is 1. The predicted octanol–water partition coefficient (Wildman–Crippen LogP) is 3.25. The number of carbonyl (C=O) groups excluding carboxylic acids is 1. The zero-order valence-electron chi connectivity index (χ0n) is 8.87. The Morgan fingerprint density at radius 3 is 2.75 bits per heavy atom. The molecule has 0 N–H and O–H groups in total. The first kappa shape index (κ1) is 11.6. The average Bonchev–Trinajstić information content (AvgIpc) is 3.07. The van der Waals surface area contributed by atoms with Crippen LogP contribution in [0.5, 0.6) is 0 Å². The van der Waals surface area contributed by atoms with Gasteiger partial charge in [-0.25, -0.2) is 4.39 Å². The van der Waals surface area contributed by atoms with Gasteiger partial charge in [0.05, 0.1) is 17.5 Å². The third-order valence-corrected chi connectivity index (χ3v) is 3.49. The molecule has 1 aliphatic rings. The van der Waals surface area contributed by atoms with E-state index in [-0.39, 0.29) is 17.7 Å². The molecule has 0 spiro atoms. The standard InChI is InChI=1S/C12H12BrFO2/c1-16-12(15)11(7-2-3-7)8-4-5-9(13)10(14)6-8/h4-7,11H,2-3H2,1H3. The van der Waals surface area contributed by atoms with Crippen LogP contribution in [0.25, 0.3) is 0 Å². The van der Waals surface area contributed by atoms with E-state index in [1.54, 1.807) is 12.1 Å². The van der Waals surface area contributed by atoms with E-state index in [0.717, 1.165) is 12.8 Å². The van der Waals surface area contributed by atoms with E-state index in [9.17, 15) is 9.18 Å². The lowest BCUT2D eigenvalue weighted by Crippen LogP contribution is -2.16. The summed E-state index contributed by atoms with van der Waals surface area (Å²) in [7, 11) is 1.37. The van der Waals surface area contributed by atoms with Gasteiger partial charge >= 0.3 is 5.97 Å². The van der Waals surface area contributed by atoms with Gasteiger partial charge in [0.15, 0.2) is 0 Å². The Bertz CT molecular complexity index is 415. The third kappa shape index (κ3) is 2.26. The second kappa shape index (κ2) is 4.53. The molecule has 1 unspecified atom stereocenters. The third-order valence-electron chi connectivity index (χ3n) is 2.85. The molecule has 86 valence electrons. The predicted molar refractivity (Wildman–Crippen MR) is 61.6 cm³/mol. The van der Waals surface area contributed by atoms with Crippen molar-refractivity contribution in [2.24, 2.45) is 5.92 Å². The van der Waals surface area contributed by atoms with Crippen LogP contribution in [0.4, 0.5) is 4.39 Å². The van der Waals surface area contributed by atoms with E-state index in [1.807, 2.05) is 0 Å². The fraction of sp³-hybridized carbons (Fsp3) is 0.417. The Morgan fingerprint density at radius 1 is 1.56 bits per heavy atom. The summed E-state index contributed by atoms with van der Waals surface area (Å²) in [6.07, 6.45) is 2.02. The lowest BCUT2D eigenvalue weighted by atomic mass is 9.94. The highest BCUT2D eigenvalue weighted by Gasteiger charge is 2.38. The van der Waals surface area contributed by atoms with Crippen LogP contribution < -0.4 is 0 Å². The zero-order valence-corrected chi connectivity index (χ0v) is 10.5. The van der Waals surface area contributed by atoms with Crippen LogP contribution >= 0.6 is 15.9 Å². The van der Waals surface area contributed by atoms with Crippen molar-refractivity contribution in [3.05, 3.63) is 34.1 Å². The van der Waals surface area contributed by atoms with Crippen molar-refractivity contribution in [2.75, 3.05) is 7.11 Å². The first-order valence-corrected chi connectivity index (χ1v) is 5.95. The van der Waals surface area contributed by atoms with Gasteiger partial charge in [-0.1, -0.05) is 6.07 Å². The zero-order chi connectivity index (χ0) is 11.7. The van der Waals surface area contributed by atoms with Gasteiger partial charge < -0.3 is 4.74 Å². The van der Waals surface area contributed by atoms with Crippen molar-refractivity contribution >= 4 is 21.9 Å². The minimum absolute atomic E-state index is 0.274. The topological polar surface area (TPSA) is 26.3 Å². The summed E-state index contributed by atoms with van der Waals surface area (Å²) in [5, 5.41) is 0. The Labute approximate surface area is 102 Å². The van der Waals surface area contributed by atoms with E-state index in [0.29, 0.717) is 16.0 Å². The number of benzene rings is 1. The van der Waals surface area contributed by atoms with Crippen molar-refractivity contribution in [2.45, 2.75) is 18.8 Å². The molecule has 2 nitrogen and oxygen atoms in total. The summed E-state index contributed by atoms with van der Waals surface area (Å²) in [5.74, 6) is -0.614. The normalized spacial score (nSPS) is 16.9. The molecular formula is C12H12BrFO2. The SMILES string of the molecule is COC(=O)C(c1ccc(Br)c(F)c1)C1CC1. The van der Waals surface area contributed by atoms with Gasteiger partial charge in [-0.05, 0) is 52.4 Å². The molecule has 0 saturated heterocycles. The maximum Gasteiger partial charge on any atom is 0.313 e. The molecule has 1 fully saturated rings. The highest BCUT2D eigenvalue weighted by atomic mass is 79.9. The maximum atomic E-state index is 13.4. The molecule has 1 aromatic rings. The smallest absolute Gasteiger partial charge is 0.313 e. The minimum atomic E-state index is -0.341. The Balaban J connectivity index is 2.31. The molecule has 1 aromatic carbocycles. The molecule has 1 atom stereocenters. The van der Waals surface area contributed by atoms with Crippen LogP contribution in [0.15, 0.2) is 22.7 Å². The van der Waals surface area contributed by atoms with Crippen LogP contribution in [-0.4, -0.2) is 13.1 Å². The van der Waals surface area contributed by atoms with Gasteiger partial charge in [-0.15, -0.1) is 0 Å². The second-order valence-corrected chi connectivity index (χ2v) is 4.87. The van der Waals surface area contributed by atoms with Gasteiger partial charge in [0.2, 0.25) is 0 Å². The molecule has 0 heterocycles. The largest absolute Gasteiger partial charge is 0.469 e. The maximum absolute atomic E-state index is 13.4. The number of carbonyl (C=O) groups is 1. The summed E-state index contributed by atoms with van der Waals surface area (Å²) in [6.45, 7) is 0. The van der Waals surface area contributed by atoms with E-state index in [4.69, 9.17) is 4.74 Å². The fourth-order valence-corrected chi connectivity index (χ4v) is 2.11. The summed E-state index contributed by atoms with van der Waals surface area (Å²) in [6, 6.07) is 4.81. The van der Waals surface area contributed by atoms with Crippen LogP contribution in [0, 0.1) is 11.7 Å². The minimum Gasteiger partial charge on any atom is -0.469 e. The molecule has 2 rings (SSSR count). The molecule has 0 amide bonds. The van der Waals surface area contributed by atoms with Crippen molar-refractivity contribution in [3.8, 4) is 0 Å². The van der Waals surface area contributed by atoms with E-state index >= 15 is 0 Å². The fourth-order valence-electron chi connectivity index (χ4n) is 1.86. The van der Waals surface area contributed by atoms with Crippen LogP contribution in [0.2, 0.25) is 0 Å². The highest BCUT2D eigenvalue weighted by molar-refractivity contribution is 9.10. The first-order valence-electron chi connectivity index (χ1n) is 5.16. The Kier molecular flexibility index (Phi) is 3.28. The Hall–Kier alpha value is -0.900. The van der Waals surface area contributed by atoms with Gasteiger partial charge in [0.1, 0.15) is 5.82 Å². The molecular weight excluding hydrogens is 275 g/mol. The van der Waals surface area contributed by atoms with Gasteiger partial charge in [-0.3, -0.25) is 4.79 Å². The van der Waals surface area contributed by atoms with Crippen molar-refractivity contribution < 1.29 is 13.9 Å². The van der Waals surface area contributed by atoms with E-state index in [2.05, 4.69) is 15.9 Å². The van der Waals surface area contributed by atoms with E-state index < -0.39 is 0 Å². The molecule has 0 aliphatic heterocycles. The monoisotopic (exact) mass is 286 g/mol. The molecule has 4 heteroatoms. The molecule has 0 bridgehead atoms. The average molecular weight is 287 g/mol.